The van der Waals surface area contributed by atoms with E-state index in [2.05, 4.69) is 46.5 Å². The average molecular weight is 775 g/mol. The molecule has 54 heavy (non-hydrogen) atoms. The van der Waals surface area contributed by atoms with E-state index in [0.717, 1.165) is 30.4 Å². The molecular formula is C41H50N4O7S2. The molecule has 13 heteroatoms. The number of amides is 1. The SMILES string of the molecule is CCC1=CC(CNCC(O)c2ccc(O)c3[nH]c(=O)ccc23)=CC(C)C1NC(=O)CCN(C)C1CCC(OC(=O)C(O)(c2cccs2)c2cccs2)CC1. The number of benzene rings is 1. The van der Waals surface area contributed by atoms with Gasteiger partial charge in [-0.05, 0) is 96.8 Å². The first-order valence-corrected chi connectivity index (χ1v) is 20.4. The maximum atomic E-state index is 13.4. The van der Waals surface area contributed by atoms with E-state index in [-0.39, 0.29) is 47.9 Å². The van der Waals surface area contributed by atoms with E-state index in [0.29, 0.717) is 58.6 Å². The molecule has 3 unspecified atom stereocenters. The van der Waals surface area contributed by atoms with Crippen LogP contribution in [0.2, 0.25) is 0 Å². The number of aromatic amines is 1. The number of hydrogen-bond acceptors (Lipinski definition) is 11. The molecule has 6 N–H and O–H groups in total. The second-order valence-electron chi connectivity index (χ2n) is 14.4. The van der Waals surface area contributed by atoms with Crippen molar-refractivity contribution in [3.63, 3.8) is 0 Å². The lowest BCUT2D eigenvalue weighted by Gasteiger charge is -2.35. The number of aromatic nitrogens is 1. The third kappa shape index (κ3) is 8.88. The molecule has 0 aliphatic heterocycles. The van der Waals surface area contributed by atoms with Crippen LogP contribution < -0.4 is 16.2 Å². The molecule has 0 spiro atoms. The first-order valence-electron chi connectivity index (χ1n) is 18.6. The number of carbonyl (C=O) groups is 2. The number of carbonyl (C=O) groups excluding carboxylic acids is 2. The largest absolute Gasteiger partial charge is 0.506 e. The second kappa shape index (κ2) is 17.6. The Morgan fingerprint density at radius 2 is 1.76 bits per heavy atom. The van der Waals surface area contributed by atoms with Crippen LogP contribution in [0.3, 0.4) is 0 Å². The van der Waals surface area contributed by atoms with Gasteiger partial charge in [0.15, 0.2) is 0 Å². The summed E-state index contributed by atoms with van der Waals surface area (Å²) in [5.74, 6) is -0.589. The highest BCUT2D eigenvalue weighted by atomic mass is 32.1. The smallest absolute Gasteiger partial charge is 0.349 e. The van der Waals surface area contributed by atoms with Crippen LogP contribution in [0, 0.1) is 5.92 Å². The standard InChI is InChI=1S/C41H50N4O7S2/c1-4-27-22-26(23-42-24-33(47)30-13-15-32(46)39-31(30)14-16-36(48)44-39)21-25(2)38(27)43-37(49)17-18-45(3)28-9-11-29(12-10-28)52-40(50)41(51,34-7-5-19-53-34)35-8-6-20-54-35/h5-8,13-16,19-22,25,28-29,33,38,42,46-47,51H,4,9-12,17-18,23-24H2,1-3H3,(H,43,49)(H,44,48). The minimum atomic E-state index is -1.81. The molecule has 0 saturated heterocycles. The molecule has 1 saturated carbocycles. The number of phenolic OH excluding ortho intramolecular Hbond substituents is 1. The van der Waals surface area contributed by atoms with E-state index in [1.165, 1.54) is 34.8 Å². The van der Waals surface area contributed by atoms with E-state index < -0.39 is 17.7 Å². The molecule has 0 radical (unpaired) electrons. The molecule has 0 bridgehead atoms. The summed E-state index contributed by atoms with van der Waals surface area (Å²) < 4.78 is 5.92. The Labute approximate surface area is 323 Å². The van der Waals surface area contributed by atoms with Gasteiger partial charge in [-0.3, -0.25) is 9.59 Å². The lowest BCUT2D eigenvalue weighted by molar-refractivity contribution is -0.169. The van der Waals surface area contributed by atoms with Crippen LogP contribution in [0.5, 0.6) is 5.75 Å². The Bertz CT molecular complexity index is 1980. The number of pyridine rings is 1. The van der Waals surface area contributed by atoms with E-state index in [1.807, 2.05) is 29.9 Å². The molecule has 6 rings (SSSR count). The number of hydrogen-bond donors (Lipinski definition) is 6. The number of aliphatic hydroxyl groups excluding tert-OH is 1. The molecule has 3 aromatic heterocycles. The number of aliphatic hydroxyl groups is 2. The predicted octanol–water partition coefficient (Wildman–Crippen LogP) is 5.49. The number of rotatable bonds is 15. The van der Waals surface area contributed by atoms with Gasteiger partial charge in [-0.1, -0.05) is 44.2 Å². The quantitative estimate of drug-likeness (QED) is 0.0858. The molecule has 11 nitrogen and oxygen atoms in total. The Kier molecular flexibility index (Phi) is 12.9. The van der Waals surface area contributed by atoms with E-state index in [1.54, 1.807) is 24.3 Å². The van der Waals surface area contributed by atoms with Gasteiger partial charge in [0.2, 0.25) is 17.1 Å². The number of ether oxygens (including phenoxy) is 1. The Morgan fingerprint density at radius 3 is 2.41 bits per heavy atom. The zero-order valence-electron chi connectivity index (χ0n) is 30.9. The van der Waals surface area contributed by atoms with Crippen molar-refractivity contribution < 1.29 is 29.6 Å². The summed E-state index contributed by atoms with van der Waals surface area (Å²) in [6.07, 6.45) is 7.38. The highest BCUT2D eigenvalue weighted by molar-refractivity contribution is 7.12. The first kappa shape index (κ1) is 39.6. The van der Waals surface area contributed by atoms with Gasteiger partial charge < -0.3 is 40.6 Å². The molecule has 2 aliphatic carbocycles. The molecule has 2 aliphatic rings. The number of nitrogens with one attached hydrogen (secondary N) is 3. The molecule has 1 aromatic carbocycles. The fourth-order valence-corrected chi connectivity index (χ4v) is 9.37. The number of H-pyrrole nitrogens is 1. The van der Waals surface area contributed by atoms with Gasteiger partial charge in [0, 0.05) is 43.5 Å². The number of phenols is 1. The Morgan fingerprint density at radius 1 is 1.06 bits per heavy atom. The van der Waals surface area contributed by atoms with Gasteiger partial charge in [-0.15, -0.1) is 22.7 Å². The van der Waals surface area contributed by atoms with Crippen molar-refractivity contribution in [2.75, 3.05) is 26.7 Å². The third-order valence-electron chi connectivity index (χ3n) is 10.7. The topological polar surface area (TPSA) is 164 Å². The van der Waals surface area contributed by atoms with E-state index >= 15 is 0 Å². The predicted molar refractivity (Wildman–Crippen MR) is 213 cm³/mol. The Balaban J connectivity index is 0.942. The lowest BCUT2D eigenvalue weighted by atomic mass is 9.85. The van der Waals surface area contributed by atoms with Crippen molar-refractivity contribution in [2.45, 2.75) is 82.3 Å². The minimum Gasteiger partial charge on any atom is -0.506 e. The number of thiophene rings is 2. The molecule has 1 fully saturated rings. The minimum absolute atomic E-state index is 0.00247. The summed E-state index contributed by atoms with van der Waals surface area (Å²) in [7, 11) is 2.04. The van der Waals surface area contributed by atoms with Crippen LogP contribution in [0.15, 0.2) is 87.4 Å². The highest BCUT2D eigenvalue weighted by Crippen LogP contribution is 2.38. The van der Waals surface area contributed by atoms with Crippen molar-refractivity contribution in [3.05, 3.63) is 108 Å². The fraction of sp³-hybridized carbons (Fsp3) is 0.439. The van der Waals surface area contributed by atoms with Gasteiger partial charge in [-0.25, -0.2) is 4.79 Å². The lowest BCUT2D eigenvalue weighted by Crippen LogP contribution is -2.44. The molecule has 3 heterocycles. The van der Waals surface area contributed by atoms with Crippen molar-refractivity contribution >= 4 is 45.5 Å². The first-order chi connectivity index (χ1) is 26.0. The summed E-state index contributed by atoms with van der Waals surface area (Å²) in [6.45, 7) is 5.61. The molecule has 4 aromatic rings. The molecule has 288 valence electrons. The van der Waals surface area contributed by atoms with Gasteiger partial charge in [0.05, 0.1) is 27.4 Å². The number of nitrogens with zero attached hydrogens (tertiary/aromatic N) is 1. The van der Waals surface area contributed by atoms with Crippen molar-refractivity contribution in [1.29, 1.82) is 0 Å². The van der Waals surface area contributed by atoms with Gasteiger partial charge in [0.1, 0.15) is 11.9 Å². The maximum Gasteiger partial charge on any atom is 0.349 e. The van der Waals surface area contributed by atoms with Gasteiger partial charge in [0.25, 0.3) is 0 Å². The zero-order valence-corrected chi connectivity index (χ0v) is 32.6. The average Bonchev–Trinajstić information content (AvgIpc) is 3.92. The van der Waals surface area contributed by atoms with Gasteiger partial charge >= 0.3 is 5.97 Å². The number of aromatic hydroxyl groups is 1. The van der Waals surface area contributed by atoms with Crippen molar-refractivity contribution in [2.24, 2.45) is 5.92 Å². The molecular weight excluding hydrogens is 725 g/mol. The maximum absolute atomic E-state index is 13.4. The summed E-state index contributed by atoms with van der Waals surface area (Å²) >= 11 is 2.67. The summed E-state index contributed by atoms with van der Waals surface area (Å²) in [5.41, 5.74) is 1.01. The molecule has 3 atom stereocenters. The zero-order chi connectivity index (χ0) is 38.4. The van der Waals surface area contributed by atoms with Crippen LogP contribution >= 0.6 is 22.7 Å². The highest BCUT2D eigenvalue weighted by Gasteiger charge is 2.45. The monoisotopic (exact) mass is 774 g/mol. The van der Waals surface area contributed by atoms with Crippen LogP contribution in [0.1, 0.15) is 73.8 Å². The Hall–Kier alpha value is -4.11. The van der Waals surface area contributed by atoms with E-state index in [9.17, 15) is 29.7 Å². The van der Waals surface area contributed by atoms with Crippen LogP contribution in [-0.2, 0) is 19.9 Å². The fourth-order valence-electron chi connectivity index (χ4n) is 7.65. The number of esters is 1. The normalized spacial score (nSPS) is 21.1. The summed E-state index contributed by atoms with van der Waals surface area (Å²) in [6, 6.07) is 13.5. The van der Waals surface area contributed by atoms with Crippen molar-refractivity contribution in [1.82, 2.24) is 20.5 Å². The van der Waals surface area contributed by atoms with Crippen LogP contribution in [0.4, 0.5) is 0 Å². The summed E-state index contributed by atoms with van der Waals surface area (Å²) in [4.78, 5) is 44.3. The second-order valence-corrected chi connectivity index (χ2v) is 16.3. The third-order valence-corrected chi connectivity index (χ3v) is 12.7. The van der Waals surface area contributed by atoms with Crippen LogP contribution in [0.25, 0.3) is 10.9 Å². The molecule has 1 amide bonds. The summed E-state index contributed by atoms with van der Waals surface area (Å²) in [5, 5.41) is 43.6. The van der Waals surface area contributed by atoms with Gasteiger partial charge in [-0.2, -0.15) is 0 Å². The van der Waals surface area contributed by atoms with Crippen LogP contribution in [-0.4, -0.2) is 81.9 Å². The van der Waals surface area contributed by atoms with Crippen molar-refractivity contribution in [3.8, 4) is 5.75 Å². The number of fused-ring (bicyclic) bond motifs is 1. The van der Waals surface area contributed by atoms with E-state index in [4.69, 9.17) is 4.74 Å².